The van der Waals surface area contributed by atoms with E-state index in [0.29, 0.717) is 10.1 Å². The number of hydrogen-bond donors (Lipinski definition) is 1. The summed E-state index contributed by atoms with van der Waals surface area (Å²) < 4.78 is 27.7. The van der Waals surface area contributed by atoms with Crippen LogP contribution in [-0.4, -0.2) is 8.42 Å². The largest absolute Gasteiger partial charge is 0.250 e. The van der Waals surface area contributed by atoms with Crippen LogP contribution in [0.1, 0.15) is 11.1 Å². The van der Waals surface area contributed by atoms with Crippen LogP contribution in [0, 0.1) is 0 Å². The van der Waals surface area contributed by atoms with Crippen LogP contribution in [0.15, 0.2) is 44.4 Å². The lowest BCUT2D eigenvalue weighted by atomic mass is 10.1. The molecule has 102 valence electrons. The Labute approximate surface area is 129 Å². The molecule has 0 atom stereocenters. The van der Waals surface area contributed by atoms with Crippen LogP contribution in [0.25, 0.3) is 0 Å². The molecule has 2 rings (SSSR count). The topological polar surface area (TPSA) is 46.2 Å². The molecule has 0 unspecified atom stereocenters. The van der Waals surface area contributed by atoms with E-state index in [1.807, 2.05) is 24.3 Å². The molecule has 1 heterocycles. The van der Waals surface area contributed by atoms with Crippen molar-refractivity contribution in [3.63, 3.8) is 0 Å². The zero-order valence-corrected chi connectivity index (χ0v) is 13.7. The van der Waals surface area contributed by atoms with Crippen LogP contribution in [0.3, 0.4) is 0 Å². The summed E-state index contributed by atoms with van der Waals surface area (Å²) in [4.78, 5) is 0. The molecule has 2 aromatic rings. The van der Waals surface area contributed by atoms with Crippen molar-refractivity contribution < 1.29 is 8.42 Å². The highest BCUT2D eigenvalue weighted by Crippen LogP contribution is 2.25. The highest BCUT2D eigenvalue weighted by Gasteiger charge is 2.15. The zero-order valence-electron chi connectivity index (χ0n) is 9.77. The van der Waals surface area contributed by atoms with Gasteiger partial charge in [0.2, 0.25) is 10.0 Å². The Morgan fingerprint density at radius 1 is 1.21 bits per heavy atom. The second-order valence-corrected chi connectivity index (χ2v) is 8.56. The van der Waals surface area contributed by atoms with E-state index in [0.717, 1.165) is 14.9 Å². The molecule has 19 heavy (non-hydrogen) atoms. The first kappa shape index (κ1) is 15.0. The maximum atomic E-state index is 12.0. The van der Waals surface area contributed by atoms with E-state index in [2.05, 4.69) is 20.7 Å². The number of alkyl halides is 1. The Morgan fingerprint density at radius 3 is 2.58 bits per heavy atom. The molecule has 0 saturated carbocycles. The standard InChI is InChI=1S/C12H11BrClNO2S2/c13-11-4-5-12(18-11)19(16,17)15-8-10-3-1-2-9(6-10)7-14/h1-6,15H,7-8H2. The van der Waals surface area contributed by atoms with Crippen molar-refractivity contribution in [1.29, 1.82) is 0 Å². The Morgan fingerprint density at radius 2 is 1.95 bits per heavy atom. The Bertz CT molecular complexity index is 670. The second kappa shape index (κ2) is 6.37. The monoisotopic (exact) mass is 379 g/mol. The van der Waals surface area contributed by atoms with Crippen LogP contribution < -0.4 is 4.72 Å². The molecule has 0 aliphatic rings. The maximum absolute atomic E-state index is 12.0. The lowest BCUT2D eigenvalue weighted by molar-refractivity contribution is 0.583. The predicted molar refractivity (Wildman–Crippen MR) is 82.0 cm³/mol. The molecule has 0 saturated heterocycles. The number of halogens is 2. The van der Waals surface area contributed by atoms with Gasteiger partial charge in [-0.1, -0.05) is 24.3 Å². The summed E-state index contributed by atoms with van der Waals surface area (Å²) in [5.74, 6) is 0.415. The number of benzene rings is 1. The fourth-order valence-corrected chi connectivity index (χ4v) is 4.75. The van der Waals surface area contributed by atoms with Crippen molar-refractivity contribution >= 4 is 48.9 Å². The summed E-state index contributed by atoms with van der Waals surface area (Å²) in [5.41, 5.74) is 1.86. The SMILES string of the molecule is O=S(=O)(NCc1cccc(CCl)c1)c1ccc(Br)s1. The summed E-state index contributed by atoms with van der Waals surface area (Å²) in [6.45, 7) is 0.253. The van der Waals surface area contributed by atoms with Gasteiger partial charge in [0.25, 0.3) is 0 Å². The molecule has 1 aromatic heterocycles. The fourth-order valence-electron chi connectivity index (χ4n) is 1.51. The van der Waals surface area contributed by atoms with Gasteiger partial charge in [-0.05, 0) is 39.2 Å². The van der Waals surface area contributed by atoms with Gasteiger partial charge in [0.15, 0.2) is 0 Å². The average molecular weight is 381 g/mol. The quantitative estimate of drug-likeness (QED) is 0.803. The van der Waals surface area contributed by atoms with Crippen molar-refractivity contribution in [2.75, 3.05) is 0 Å². The smallest absolute Gasteiger partial charge is 0.206 e. The van der Waals surface area contributed by atoms with E-state index in [1.54, 1.807) is 12.1 Å². The molecule has 0 radical (unpaired) electrons. The molecule has 7 heteroatoms. The number of rotatable bonds is 5. The van der Waals surface area contributed by atoms with Crippen LogP contribution in [0.2, 0.25) is 0 Å². The van der Waals surface area contributed by atoms with Crippen molar-refractivity contribution in [3.05, 3.63) is 51.3 Å². The van der Waals surface area contributed by atoms with E-state index in [9.17, 15) is 8.42 Å². The van der Waals surface area contributed by atoms with Crippen molar-refractivity contribution in [3.8, 4) is 0 Å². The molecule has 0 aliphatic heterocycles. The first-order chi connectivity index (χ1) is 9.01. The molecule has 1 aromatic carbocycles. The van der Waals surface area contributed by atoms with Gasteiger partial charge in [0.05, 0.1) is 3.79 Å². The van der Waals surface area contributed by atoms with Gasteiger partial charge in [-0.15, -0.1) is 22.9 Å². The third kappa shape index (κ3) is 4.03. The van der Waals surface area contributed by atoms with Gasteiger partial charge < -0.3 is 0 Å². The molecular weight excluding hydrogens is 370 g/mol. The van der Waals surface area contributed by atoms with Gasteiger partial charge in [-0.25, -0.2) is 13.1 Å². The number of thiophene rings is 1. The van der Waals surface area contributed by atoms with Gasteiger partial charge in [0.1, 0.15) is 4.21 Å². The Balaban J connectivity index is 2.09. The Kier molecular flexibility index (Phi) is 5.03. The van der Waals surface area contributed by atoms with E-state index in [1.165, 1.54) is 11.3 Å². The normalized spacial score (nSPS) is 11.7. The second-order valence-electron chi connectivity index (χ2n) is 3.84. The molecule has 0 fully saturated rings. The molecule has 0 spiro atoms. The van der Waals surface area contributed by atoms with Crippen molar-refractivity contribution in [1.82, 2.24) is 4.72 Å². The zero-order chi connectivity index (χ0) is 13.9. The van der Waals surface area contributed by atoms with E-state index in [-0.39, 0.29) is 6.54 Å². The third-order valence-electron chi connectivity index (χ3n) is 2.43. The third-order valence-corrected chi connectivity index (χ3v) is 6.25. The first-order valence-corrected chi connectivity index (χ1v) is 9.03. The summed E-state index contributed by atoms with van der Waals surface area (Å²) >= 11 is 10.2. The minimum absolute atomic E-state index is 0.253. The Hall–Kier alpha value is -0.400. The highest BCUT2D eigenvalue weighted by molar-refractivity contribution is 9.11. The minimum atomic E-state index is -3.45. The molecule has 0 aliphatic carbocycles. The maximum Gasteiger partial charge on any atom is 0.250 e. The number of hydrogen-bond acceptors (Lipinski definition) is 3. The van der Waals surface area contributed by atoms with E-state index >= 15 is 0 Å². The molecule has 0 amide bonds. The summed E-state index contributed by atoms with van der Waals surface area (Å²) in [6.07, 6.45) is 0. The minimum Gasteiger partial charge on any atom is -0.206 e. The average Bonchev–Trinajstić information content (AvgIpc) is 2.84. The molecule has 1 N–H and O–H groups in total. The van der Waals surface area contributed by atoms with Gasteiger partial charge >= 0.3 is 0 Å². The molecule has 0 bridgehead atoms. The number of nitrogens with one attached hydrogen (secondary N) is 1. The predicted octanol–water partition coefficient (Wildman–Crippen LogP) is 3.73. The lowest BCUT2D eigenvalue weighted by Crippen LogP contribution is -2.22. The first-order valence-electron chi connectivity index (χ1n) is 5.40. The number of sulfonamides is 1. The lowest BCUT2D eigenvalue weighted by Gasteiger charge is -2.06. The van der Waals surface area contributed by atoms with Gasteiger partial charge in [-0.3, -0.25) is 0 Å². The summed E-state index contributed by atoms with van der Waals surface area (Å²) in [6, 6.07) is 10.8. The van der Waals surface area contributed by atoms with E-state index < -0.39 is 10.0 Å². The van der Waals surface area contributed by atoms with E-state index in [4.69, 9.17) is 11.6 Å². The highest BCUT2D eigenvalue weighted by atomic mass is 79.9. The molecular formula is C12H11BrClNO2S2. The van der Waals surface area contributed by atoms with Crippen LogP contribution in [0.5, 0.6) is 0 Å². The molecule has 3 nitrogen and oxygen atoms in total. The van der Waals surface area contributed by atoms with Crippen LogP contribution in [0.4, 0.5) is 0 Å². The van der Waals surface area contributed by atoms with Crippen molar-refractivity contribution in [2.45, 2.75) is 16.6 Å². The van der Waals surface area contributed by atoms with Gasteiger partial charge in [0, 0.05) is 12.4 Å². The van der Waals surface area contributed by atoms with Crippen LogP contribution >= 0.6 is 38.9 Å². The fraction of sp³-hybridized carbons (Fsp3) is 0.167. The van der Waals surface area contributed by atoms with Gasteiger partial charge in [-0.2, -0.15) is 0 Å². The van der Waals surface area contributed by atoms with Crippen LogP contribution in [-0.2, 0) is 22.4 Å². The summed E-state index contributed by atoms with van der Waals surface area (Å²) in [7, 11) is -3.45. The van der Waals surface area contributed by atoms with Crippen molar-refractivity contribution in [2.24, 2.45) is 0 Å². The summed E-state index contributed by atoms with van der Waals surface area (Å²) in [5, 5.41) is 0.